The van der Waals surface area contributed by atoms with Crippen molar-refractivity contribution in [1.82, 2.24) is 10.4 Å². The molecule has 0 unspecified atom stereocenters. The molecule has 0 aliphatic carbocycles. The Morgan fingerprint density at radius 2 is 1.78 bits per heavy atom. The zero-order valence-corrected chi connectivity index (χ0v) is 14.9. The number of hydrogen-bond acceptors (Lipinski definition) is 4. The Morgan fingerprint density at radius 1 is 0.963 bits per heavy atom. The summed E-state index contributed by atoms with van der Waals surface area (Å²) >= 11 is 5.82. The van der Waals surface area contributed by atoms with Crippen LogP contribution >= 0.6 is 11.6 Å². The summed E-state index contributed by atoms with van der Waals surface area (Å²) in [5.41, 5.74) is 4.54. The molecule has 2 amide bonds. The summed E-state index contributed by atoms with van der Waals surface area (Å²) in [5, 5.41) is 7.20. The molecule has 7 heteroatoms. The van der Waals surface area contributed by atoms with E-state index in [1.807, 2.05) is 6.07 Å². The highest BCUT2D eigenvalue weighted by Gasteiger charge is 2.09. The van der Waals surface area contributed by atoms with E-state index in [1.165, 1.54) is 6.21 Å². The van der Waals surface area contributed by atoms with Crippen LogP contribution in [0.4, 0.5) is 5.69 Å². The van der Waals surface area contributed by atoms with Gasteiger partial charge in [0.1, 0.15) is 0 Å². The zero-order valence-electron chi connectivity index (χ0n) is 14.1. The lowest BCUT2D eigenvalue weighted by molar-refractivity contribution is 0.0953. The van der Waals surface area contributed by atoms with E-state index in [-0.39, 0.29) is 5.91 Å². The first-order valence-corrected chi connectivity index (χ1v) is 8.40. The number of amides is 2. The molecule has 1 aromatic heterocycles. The molecule has 0 bridgehead atoms. The van der Waals surface area contributed by atoms with Crippen molar-refractivity contribution in [3.05, 3.63) is 94.8 Å². The fourth-order valence-electron chi connectivity index (χ4n) is 2.23. The number of anilines is 1. The number of hydrazone groups is 1. The largest absolute Gasteiger partial charge is 0.322 e. The van der Waals surface area contributed by atoms with Crippen molar-refractivity contribution in [3.63, 3.8) is 0 Å². The molecule has 134 valence electrons. The molecule has 0 aliphatic rings. The molecule has 0 saturated heterocycles. The maximum Gasteiger partial charge on any atom is 0.271 e. The lowest BCUT2D eigenvalue weighted by Crippen LogP contribution is -2.18. The van der Waals surface area contributed by atoms with E-state index >= 15 is 0 Å². The van der Waals surface area contributed by atoms with Gasteiger partial charge in [-0.05, 0) is 48.5 Å². The Morgan fingerprint density at radius 3 is 2.52 bits per heavy atom. The molecule has 0 spiro atoms. The summed E-state index contributed by atoms with van der Waals surface area (Å²) in [6.07, 6.45) is 4.78. The molecule has 1 heterocycles. The maximum atomic E-state index is 12.3. The summed E-state index contributed by atoms with van der Waals surface area (Å²) < 4.78 is 0. The number of carbonyl (C=O) groups excluding carboxylic acids is 2. The highest BCUT2D eigenvalue weighted by molar-refractivity contribution is 6.30. The minimum atomic E-state index is -0.391. The minimum Gasteiger partial charge on any atom is -0.322 e. The van der Waals surface area contributed by atoms with Gasteiger partial charge >= 0.3 is 0 Å². The summed E-state index contributed by atoms with van der Waals surface area (Å²) in [6.45, 7) is 0. The van der Waals surface area contributed by atoms with Crippen molar-refractivity contribution in [2.24, 2.45) is 5.10 Å². The summed E-state index contributed by atoms with van der Waals surface area (Å²) in [5.74, 6) is -0.684. The smallest absolute Gasteiger partial charge is 0.271 e. The number of nitrogens with one attached hydrogen (secondary N) is 2. The molecule has 3 aromatic rings. The van der Waals surface area contributed by atoms with E-state index < -0.39 is 5.91 Å². The van der Waals surface area contributed by atoms with Crippen LogP contribution in [0.5, 0.6) is 0 Å². The molecule has 2 N–H and O–H groups in total. The molecule has 3 rings (SSSR count). The average molecular weight is 379 g/mol. The highest BCUT2D eigenvalue weighted by Crippen LogP contribution is 2.14. The standard InChI is InChI=1S/C20H15ClN4O2/c21-17-8-6-15(7-9-17)19(26)24-18-5-1-4-16(11-18)20(27)25-23-13-14-3-2-10-22-12-14/h1-13H,(H,24,26)(H,25,27). The number of rotatable bonds is 5. The van der Waals surface area contributed by atoms with E-state index in [0.717, 1.165) is 5.56 Å². The molecule has 2 aromatic carbocycles. The molecule has 0 radical (unpaired) electrons. The Balaban J connectivity index is 1.64. The predicted octanol–water partition coefficient (Wildman–Crippen LogP) is 3.75. The van der Waals surface area contributed by atoms with Gasteiger partial charge in [0.15, 0.2) is 0 Å². The SMILES string of the molecule is O=C(NN=Cc1cccnc1)c1cccc(NC(=O)c2ccc(Cl)cc2)c1. The van der Waals surface area contributed by atoms with Crippen molar-refractivity contribution in [2.75, 3.05) is 5.32 Å². The van der Waals surface area contributed by atoms with Crippen molar-refractivity contribution in [2.45, 2.75) is 0 Å². The molecule has 27 heavy (non-hydrogen) atoms. The zero-order chi connectivity index (χ0) is 19.1. The van der Waals surface area contributed by atoms with E-state index in [2.05, 4.69) is 20.8 Å². The van der Waals surface area contributed by atoms with Gasteiger partial charge in [0.2, 0.25) is 0 Å². The summed E-state index contributed by atoms with van der Waals surface area (Å²) in [4.78, 5) is 28.4. The first-order valence-electron chi connectivity index (χ1n) is 8.02. The van der Waals surface area contributed by atoms with Crippen LogP contribution < -0.4 is 10.7 Å². The molecule has 0 fully saturated rings. The molecule has 0 atom stereocenters. The minimum absolute atomic E-state index is 0.293. The van der Waals surface area contributed by atoms with Crippen LogP contribution in [0.3, 0.4) is 0 Å². The molecule has 0 aliphatic heterocycles. The number of aromatic nitrogens is 1. The van der Waals surface area contributed by atoms with Gasteiger partial charge in [-0.15, -0.1) is 0 Å². The van der Waals surface area contributed by atoms with Crippen LogP contribution in [-0.2, 0) is 0 Å². The lowest BCUT2D eigenvalue weighted by atomic mass is 10.1. The number of halogens is 1. The van der Waals surface area contributed by atoms with Gasteiger partial charge in [-0.25, -0.2) is 5.43 Å². The normalized spacial score (nSPS) is 10.6. The quantitative estimate of drug-likeness (QED) is 0.524. The first-order chi connectivity index (χ1) is 13.1. The van der Waals surface area contributed by atoms with Crippen LogP contribution in [0.2, 0.25) is 5.02 Å². The van der Waals surface area contributed by atoms with Gasteiger partial charge in [0, 0.05) is 39.8 Å². The third-order valence-electron chi connectivity index (χ3n) is 3.55. The number of hydrogen-bond donors (Lipinski definition) is 2. The molecule has 0 saturated carbocycles. The number of benzene rings is 2. The van der Waals surface area contributed by atoms with E-state index in [4.69, 9.17) is 11.6 Å². The van der Waals surface area contributed by atoms with Gasteiger partial charge in [-0.3, -0.25) is 14.6 Å². The topological polar surface area (TPSA) is 83.4 Å². The second-order valence-electron chi connectivity index (χ2n) is 5.53. The van der Waals surface area contributed by atoms with E-state index in [9.17, 15) is 9.59 Å². The number of pyridine rings is 1. The maximum absolute atomic E-state index is 12.3. The van der Waals surface area contributed by atoms with Gasteiger partial charge < -0.3 is 5.32 Å². The van der Waals surface area contributed by atoms with Crippen LogP contribution in [-0.4, -0.2) is 23.0 Å². The van der Waals surface area contributed by atoms with Gasteiger partial charge in [0.25, 0.3) is 11.8 Å². The van der Waals surface area contributed by atoms with Crippen LogP contribution in [0.25, 0.3) is 0 Å². The van der Waals surface area contributed by atoms with Crippen LogP contribution in [0.15, 0.2) is 78.2 Å². The average Bonchev–Trinajstić information content (AvgIpc) is 2.69. The number of nitrogens with zero attached hydrogens (tertiary/aromatic N) is 2. The first kappa shape index (κ1) is 18.3. The van der Waals surface area contributed by atoms with E-state index in [1.54, 1.807) is 67.0 Å². The Kier molecular flexibility index (Phi) is 5.91. The Bertz CT molecular complexity index is 973. The van der Waals surface area contributed by atoms with Gasteiger partial charge in [-0.1, -0.05) is 23.7 Å². The van der Waals surface area contributed by atoms with E-state index in [0.29, 0.717) is 21.8 Å². The molecule has 6 nitrogen and oxygen atoms in total. The van der Waals surface area contributed by atoms with Crippen molar-refractivity contribution in [3.8, 4) is 0 Å². The van der Waals surface area contributed by atoms with Crippen LogP contribution in [0, 0.1) is 0 Å². The van der Waals surface area contributed by atoms with Crippen molar-refractivity contribution < 1.29 is 9.59 Å². The van der Waals surface area contributed by atoms with Gasteiger partial charge in [0.05, 0.1) is 6.21 Å². The van der Waals surface area contributed by atoms with Gasteiger partial charge in [-0.2, -0.15) is 5.10 Å². The van der Waals surface area contributed by atoms with Crippen LogP contribution in [0.1, 0.15) is 26.3 Å². The Hall–Kier alpha value is -3.51. The monoisotopic (exact) mass is 378 g/mol. The Labute approximate surface area is 160 Å². The number of carbonyl (C=O) groups is 2. The molecular formula is C20H15ClN4O2. The highest BCUT2D eigenvalue weighted by atomic mass is 35.5. The third kappa shape index (κ3) is 5.23. The fourth-order valence-corrected chi connectivity index (χ4v) is 2.35. The lowest BCUT2D eigenvalue weighted by Gasteiger charge is -2.07. The second-order valence-corrected chi connectivity index (χ2v) is 5.96. The second kappa shape index (κ2) is 8.73. The molecular weight excluding hydrogens is 364 g/mol. The van der Waals surface area contributed by atoms with Crippen molar-refractivity contribution in [1.29, 1.82) is 0 Å². The van der Waals surface area contributed by atoms with Crippen molar-refractivity contribution >= 4 is 35.3 Å². The summed E-state index contributed by atoms with van der Waals surface area (Å²) in [7, 11) is 0. The predicted molar refractivity (Wildman–Crippen MR) is 105 cm³/mol. The summed E-state index contributed by atoms with van der Waals surface area (Å²) in [6, 6.07) is 16.7. The third-order valence-corrected chi connectivity index (χ3v) is 3.81. The fraction of sp³-hybridized carbons (Fsp3) is 0.